The fraction of sp³-hybridized carbons (Fsp3) is 0.600. The summed E-state index contributed by atoms with van der Waals surface area (Å²) in [5.41, 5.74) is 6.88. The van der Waals surface area contributed by atoms with Crippen LogP contribution < -0.4 is 19.9 Å². The van der Waals surface area contributed by atoms with Crippen molar-refractivity contribution >= 4 is 0 Å². The van der Waals surface area contributed by atoms with Gasteiger partial charge in [-0.05, 0) is 37.1 Å². The molecule has 1 aromatic rings. The lowest BCUT2D eigenvalue weighted by molar-refractivity contribution is -0.0253. The molecule has 1 fully saturated rings. The molecule has 112 valence electrons. The van der Waals surface area contributed by atoms with E-state index in [1.807, 2.05) is 12.1 Å². The quantitative estimate of drug-likeness (QED) is 0.896. The van der Waals surface area contributed by atoms with E-state index in [1.54, 1.807) is 21.3 Å². The molecule has 2 N–H and O–H groups in total. The van der Waals surface area contributed by atoms with Gasteiger partial charge < -0.3 is 24.7 Å². The predicted molar refractivity (Wildman–Crippen MR) is 76.6 cm³/mol. The summed E-state index contributed by atoms with van der Waals surface area (Å²) < 4.78 is 22.0. The van der Waals surface area contributed by atoms with Gasteiger partial charge in [0.1, 0.15) is 0 Å². The third-order valence-electron chi connectivity index (χ3n) is 3.76. The van der Waals surface area contributed by atoms with E-state index in [1.165, 1.54) is 0 Å². The Balaban J connectivity index is 2.40. The Morgan fingerprint density at radius 1 is 1.15 bits per heavy atom. The molecule has 2 unspecified atom stereocenters. The van der Waals surface area contributed by atoms with Crippen LogP contribution in [0.4, 0.5) is 0 Å². The second kappa shape index (κ2) is 6.81. The SMILES string of the molecule is COc1cc(C2OCCCC2CN)cc(OC)c1OC. The van der Waals surface area contributed by atoms with Crippen LogP contribution in [0.25, 0.3) is 0 Å². The molecule has 1 aliphatic heterocycles. The van der Waals surface area contributed by atoms with Crippen molar-refractivity contribution in [1.29, 1.82) is 0 Å². The lowest BCUT2D eigenvalue weighted by atomic mass is 9.89. The largest absolute Gasteiger partial charge is 0.493 e. The summed E-state index contributed by atoms with van der Waals surface area (Å²) >= 11 is 0. The van der Waals surface area contributed by atoms with Gasteiger partial charge in [-0.2, -0.15) is 0 Å². The molecule has 0 spiro atoms. The maximum Gasteiger partial charge on any atom is 0.203 e. The number of rotatable bonds is 5. The van der Waals surface area contributed by atoms with Crippen molar-refractivity contribution in [3.8, 4) is 17.2 Å². The minimum Gasteiger partial charge on any atom is -0.493 e. The first-order valence-electron chi connectivity index (χ1n) is 6.86. The van der Waals surface area contributed by atoms with Gasteiger partial charge in [0.05, 0.1) is 27.4 Å². The van der Waals surface area contributed by atoms with E-state index < -0.39 is 0 Å². The molecule has 5 heteroatoms. The monoisotopic (exact) mass is 281 g/mol. The summed E-state index contributed by atoms with van der Waals surface area (Å²) in [6.07, 6.45) is 2.13. The maximum absolute atomic E-state index is 5.91. The van der Waals surface area contributed by atoms with Crippen LogP contribution in [0.3, 0.4) is 0 Å². The van der Waals surface area contributed by atoms with Gasteiger partial charge in [-0.1, -0.05) is 0 Å². The topological polar surface area (TPSA) is 62.9 Å². The Labute approximate surface area is 120 Å². The van der Waals surface area contributed by atoms with Crippen molar-refractivity contribution in [1.82, 2.24) is 0 Å². The fourth-order valence-electron chi connectivity index (χ4n) is 2.72. The van der Waals surface area contributed by atoms with Gasteiger partial charge in [0.15, 0.2) is 11.5 Å². The number of ether oxygens (including phenoxy) is 4. The smallest absolute Gasteiger partial charge is 0.203 e. The number of methoxy groups -OCH3 is 3. The van der Waals surface area contributed by atoms with Crippen molar-refractivity contribution < 1.29 is 18.9 Å². The molecule has 1 saturated heterocycles. The second-order valence-electron chi connectivity index (χ2n) is 4.89. The van der Waals surface area contributed by atoms with Gasteiger partial charge >= 0.3 is 0 Å². The minimum atomic E-state index is -0.0116. The first-order chi connectivity index (χ1) is 9.74. The van der Waals surface area contributed by atoms with Crippen LogP contribution in [-0.2, 0) is 4.74 Å². The van der Waals surface area contributed by atoms with Gasteiger partial charge in [-0.15, -0.1) is 0 Å². The summed E-state index contributed by atoms with van der Waals surface area (Å²) in [6.45, 7) is 1.37. The van der Waals surface area contributed by atoms with Crippen molar-refractivity contribution in [3.05, 3.63) is 17.7 Å². The zero-order valence-corrected chi connectivity index (χ0v) is 12.3. The summed E-state index contributed by atoms with van der Waals surface area (Å²) in [4.78, 5) is 0. The van der Waals surface area contributed by atoms with E-state index in [-0.39, 0.29) is 6.10 Å². The molecule has 0 amide bonds. The van der Waals surface area contributed by atoms with Crippen molar-refractivity contribution in [2.45, 2.75) is 18.9 Å². The standard InChI is InChI=1S/C15H23NO4/c1-17-12-7-11(8-13(18-2)15(12)19-3)14-10(9-16)5-4-6-20-14/h7-8,10,14H,4-6,9,16H2,1-3H3. The molecule has 5 nitrogen and oxygen atoms in total. The maximum atomic E-state index is 5.91. The first-order valence-corrected chi connectivity index (χ1v) is 6.86. The highest BCUT2D eigenvalue weighted by Gasteiger charge is 2.28. The Morgan fingerprint density at radius 3 is 2.30 bits per heavy atom. The normalized spacial score (nSPS) is 22.4. The highest BCUT2D eigenvalue weighted by Crippen LogP contribution is 2.43. The van der Waals surface area contributed by atoms with E-state index in [9.17, 15) is 0 Å². The lowest BCUT2D eigenvalue weighted by Crippen LogP contribution is -2.28. The minimum absolute atomic E-state index is 0.0116. The van der Waals surface area contributed by atoms with Gasteiger partial charge in [-0.3, -0.25) is 0 Å². The molecule has 0 radical (unpaired) electrons. The fourth-order valence-corrected chi connectivity index (χ4v) is 2.72. The summed E-state index contributed by atoms with van der Waals surface area (Å²) in [7, 11) is 4.83. The van der Waals surface area contributed by atoms with Gasteiger partial charge in [0.2, 0.25) is 5.75 Å². The molecule has 2 rings (SSSR count). The molecule has 20 heavy (non-hydrogen) atoms. The van der Waals surface area contributed by atoms with Crippen LogP contribution in [0.2, 0.25) is 0 Å². The van der Waals surface area contributed by atoms with Crippen LogP contribution in [0, 0.1) is 5.92 Å². The van der Waals surface area contributed by atoms with E-state index in [0.717, 1.165) is 25.0 Å². The summed E-state index contributed by atoms with van der Waals surface area (Å²) in [5, 5.41) is 0. The predicted octanol–water partition coefficient (Wildman–Crippen LogP) is 2.14. The second-order valence-corrected chi connectivity index (χ2v) is 4.89. The zero-order chi connectivity index (χ0) is 14.5. The molecule has 1 heterocycles. The molecule has 1 aliphatic rings. The number of benzene rings is 1. The zero-order valence-electron chi connectivity index (χ0n) is 12.3. The number of hydrogen-bond donors (Lipinski definition) is 1. The Morgan fingerprint density at radius 2 is 1.80 bits per heavy atom. The molecule has 0 saturated carbocycles. The molecule has 1 aromatic carbocycles. The van der Waals surface area contributed by atoms with Gasteiger partial charge in [0.25, 0.3) is 0 Å². The van der Waals surface area contributed by atoms with Crippen LogP contribution in [-0.4, -0.2) is 34.5 Å². The van der Waals surface area contributed by atoms with Crippen LogP contribution in [0.15, 0.2) is 12.1 Å². The van der Waals surface area contributed by atoms with Gasteiger partial charge in [0, 0.05) is 12.5 Å². The van der Waals surface area contributed by atoms with E-state index in [0.29, 0.717) is 29.7 Å². The Bertz CT molecular complexity index is 424. The Kier molecular flexibility index (Phi) is 5.09. The van der Waals surface area contributed by atoms with E-state index in [4.69, 9.17) is 24.7 Å². The van der Waals surface area contributed by atoms with E-state index >= 15 is 0 Å². The highest BCUT2D eigenvalue weighted by molar-refractivity contribution is 5.54. The number of nitrogens with two attached hydrogens (primary N) is 1. The average Bonchev–Trinajstić information content (AvgIpc) is 2.53. The van der Waals surface area contributed by atoms with Gasteiger partial charge in [-0.25, -0.2) is 0 Å². The highest BCUT2D eigenvalue weighted by atomic mass is 16.5. The molecule has 0 aliphatic carbocycles. The average molecular weight is 281 g/mol. The molecular formula is C15H23NO4. The van der Waals surface area contributed by atoms with Crippen molar-refractivity contribution in [3.63, 3.8) is 0 Å². The molecule has 0 bridgehead atoms. The van der Waals surface area contributed by atoms with Crippen LogP contribution in [0.1, 0.15) is 24.5 Å². The lowest BCUT2D eigenvalue weighted by Gasteiger charge is -2.31. The first kappa shape index (κ1) is 14.9. The third-order valence-corrected chi connectivity index (χ3v) is 3.76. The van der Waals surface area contributed by atoms with Crippen LogP contribution in [0.5, 0.6) is 17.2 Å². The molecular weight excluding hydrogens is 258 g/mol. The third kappa shape index (κ3) is 2.83. The Hall–Kier alpha value is -1.46. The number of hydrogen-bond acceptors (Lipinski definition) is 5. The molecule has 2 atom stereocenters. The summed E-state index contributed by atoms with van der Waals surface area (Å²) in [5.74, 6) is 2.21. The summed E-state index contributed by atoms with van der Waals surface area (Å²) in [6, 6.07) is 3.89. The van der Waals surface area contributed by atoms with Crippen LogP contribution >= 0.6 is 0 Å². The molecule has 0 aromatic heterocycles. The van der Waals surface area contributed by atoms with Crippen molar-refractivity contribution in [2.75, 3.05) is 34.5 Å². The van der Waals surface area contributed by atoms with Crippen molar-refractivity contribution in [2.24, 2.45) is 11.7 Å². The van der Waals surface area contributed by atoms with E-state index in [2.05, 4.69) is 0 Å².